The molecule has 1 aliphatic carbocycles. The Morgan fingerprint density at radius 1 is 1.20 bits per heavy atom. The van der Waals surface area contributed by atoms with Crippen LogP contribution in [0.5, 0.6) is 0 Å². The van der Waals surface area contributed by atoms with Crippen molar-refractivity contribution in [2.45, 2.75) is 18.3 Å². The van der Waals surface area contributed by atoms with Crippen LogP contribution in [0.3, 0.4) is 0 Å². The van der Waals surface area contributed by atoms with Gasteiger partial charge in [0, 0.05) is 38.6 Å². The first kappa shape index (κ1) is 17.6. The zero-order chi connectivity index (χ0) is 14.0. The molecule has 0 N–H and O–H groups in total. The highest BCUT2D eigenvalue weighted by atomic mass is 127. The van der Waals surface area contributed by atoms with Gasteiger partial charge in [-0.2, -0.15) is 0 Å². The van der Waals surface area contributed by atoms with Gasteiger partial charge >= 0.3 is 0 Å². The number of rotatable bonds is 3. The lowest BCUT2D eigenvalue weighted by molar-refractivity contribution is 0.476. The fraction of sp³-hybridized carbons (Fsp3) is 0.533. The normalized spacial score (nSPS) is 15.1. The third-order valence-corrected chi connectivity index (χ3v) is 3.85. The van der Waals surface area contributed by atoms with Gasteiger partial charge in [0.15, 0.2) is 5.96 Å². The highest BCUT2D eigenvalue weighted by Gasteiger charge is 2.44. The lowest BCUT2D eigenvalue weighted by Crippen LogP contribution is -2.36. The van der Waals surface area contributed by atoms with Gasteiger partial charge in [0.25, 0.3) is 0 Å². The van der Waals surface area contributed by atoms with E-state index in [9.17, 15) is 0 Å². The highest BCUT2D eigenvalue weighted by molar-refractivity contribution is 14.0. The fourth-order valence-electron chi connectivity index (χ4n) is 2.41. The predicted octanol–water partition coefficient (Wildman–Crippen LogP) is 3.47. The fourth-order valence-corrected chi connectivity index (χ4v) is 2.60. The molecule has 20 heavy (non-hydrogen) atoms. The quantitative estimate of drug-likeness (QED) is 0.434. The number of guanidine groups is 1. The number of hydrogen-bond acceptors (Lipinski definition) is 1. The lowest BCUT2D eigenvalue weighted by atomic mass is 9.96. The molecule has 1 aromatic carbocycles. The molecule has 1 aliphatic rings. The topological polar surface area (TPSA) is 18.8 Å². The van der Waals surface area contributed by atoms with E-state index in [1.807, 2.05) is 50.1 Å². The second-order valence-electron chi connectivity index (χ2n) is 5.70. The van der Waals surface area contributed by atoms with Crippen molar-refractivity contribution in [2.24, 2.45) is 4.99 Å². The largest absolute Gasteiger partial charge is 0.349 e. The summed E-state index contributed by atoms with van der Waals surface area (Å²) in [6.07, 6.45) is 2.40. The minimum Gasteiger partial charge on any atom is -0.349 e. The van der Waals surface area contributed by atoms with Crippen molar-refractivity contribution in [2.75, 3.05) is 34.7 Å². The Kier molecular flexibility index (Phi) is 6.13. The molecule has 0 unspecified atom stereocenters. The maximum atomic E-state index is 6.09. The van der Waals surface area contributed by atoms with E-state index in [2.05, 4.69) is 12.1 Å². The van der Waals surface area contributed by atoms with Gasteiger partial charge in [0.1, 0.15) is 0 Å². The number of nitrogens with zero attached hydrogens (tertiary/aromatic N) is 3. The Morgan fingerprint density at radius 2 is 1.80 bits per heavy atom. The first-order chi connectivity index (χ1) is 8.94. The van der Waals surface area contributed by atoms with Crippen molar-refractivity contribution in [1.29, 1.82) is 0 Å². The van der Waals surface area contributed by atoms with Gasteiger partial charge in [-0.3, -0.25) is 4.99 Å². The Balaban J connectivity index is 0.00000200. The molecule has 0 aliphatic heterocycles. The van der Waals surface area contributed by atoms with Crippen LogP contribution in [0.2, 0.25) is 5.02 Å². The van der Waals surface area contributed by atoms with Crippen LogP contribution in [-0.4, -0.2) is 50.5 Å². The average molecular weight is 408 g/mol. The van der Waals surface area contributed by atoms with Gasteiger partial charge in [-0.05, 0) is 30.5 Å². The summed E-state index contributed by atoms with van der Waals surface area (Å²) < 4.78 is 0. The molecule has 0 radical (unpaired) electrons. The van der Waals surface area contributed by atoms with Crippen molar-refractivity contribution < 1.29 is 0 Å². The molecule has 0 amide bonds. The van der Waals surface area contributed by atoms with Gasteiger partial charge < -0.3 is 9.80 Å². The number of aliphatic imine (C=N–C) groups is 1. The average Bonchev–Trinajstić information content (AvgIpc) is 3.09. The summed E-state index contributed by atoms with van der Waals surface area (Å²) in [7, 11) is 8.10. The zero-order valence-corrected chi connectivity index (χ0v) is 15.6. The molecule has 5 heteroatoms. The van der Waals surface area contributed by atoms with E-state index in [1.54, 1.807) is 0 Å². The summed E-state index contributed by atoms with van der Waals surface area (Å²) in [5, 5.41) is 0.813. The van der Waals surface area contributed by atoms with E-state index in [-0.39, 0.29) is 29.4 Å². The van der Waals surface area contributed by atoms with Crippen LogP contribution in [0.4, 0.5) is 0 Å². The molecule has 0 bridgehead atoms. The molecule has 0 atom stereocenters. The second kappa shape index (κ2) is 6.98. The van der Waals surface area contributed by atoms with Crippen LogP contribution in [0.25, 0.3) is 0 Å². The molecular formula is C15H23ClIN3. The van der Waals surface area contributed by atoms with Crippen molar-refractivity contribution in [1.82, 2.24) is 9.80 Å². The van der Waals surface area contributed by atoms with E-state index in [4.69, 9.17) is 16.6 Å². The minimum atomic E-state index is 0. The van der Waals surface area contributed by atoms with E-state index in [1.165, 1.54) is 18.4 Å². The third-order valence-electron chi connectivity index (χ3n) is 3.61. The van der Waals surface area contributed by atoms with E-state index >= 15 is 0 Å². The third kappa shape index (κ3) is 4.01. The monoisotopic (exact) mass is 407 g/mol. The maximum absolute atomic E-state index is 6.09. The Morgan fingerprint density at radius 3 is 2.25 bits per heavy atom. The standard InChI is InChI=1S/C15H22ClN3.HI/c1-18(2)14(19(3)4)17-11-15(8-9-15)12-6-5-7-13(16)10-12;/h5-7,10H,8-9,11H2,1-4H3;1H. The SMILES string of the molecule is CN(C)C(=NCC1(c2cccc(Cl)c2)CC1)N(C)C.I. The van der Waals surface area contributed by atoms with E-state index < -0.39 is 0 Å². The number of benzene rings is 1. The maximum Gasteiger partial charge on any atom is 0.195 e. The predicted molar refractivity (Wildman–Crippen MR) is 97.5 cm³/mol. The van der Waals surface area contributed by atoms with Crippen LogP contribution in [-0.2, 0) is 5.41 Å². The molecule has 0 spiro atoms. The summed E-state index contributed by atoms with van der Waals surface area (Å²) >= 11 is 6.09. The Hall–Kier alpha value is -0.490. The summed E-state index contributed by atoms with van der Waals surface area (Å²) in [5.41, 5.74) is 1.53. The first-order valence-corrected chi connectivity index (χ1v) is 6.97. The van der Waals surface area contributed by atoms with Crippen molar-refractivity contribution in [3.05, 3.63) is 34.9 Å². The molecule has 1 saturated carbocycles. The van der Waals surface area contributed by atoms with Crippen LogP contribution in [0.15, 0.2) is 29.3 Å². The summed E-state index contributed by atoms with van der Waals surface area (Å²) in [4.78, 5) is 8.89. The van der Waals surface area contributed by atoms with Crippen molar-refractivity contribution in [3.8, 4) is 0 Å². The van der Waals surface area contributed by atoms with E-state index in [0.717, 1.165) is 17.5 Å². The smallest absolute Gasteiger partial charge is 0.195 e. The van der Waals surface area contributed by atoms with Crippen LogP contribution in [0, 0.1) is 0 Å². The van der Waals surface area contributed by atoms with Crippen LogP contribution >= 0.6 is 35.6 Å². The first-order valence-electron chi connectivity index (χ1n) is 6.60. The molecule has 0 heterocycles. The van der Waals surface area contributed by atoms with Gasteiger partial charge in [0.05, 0.1) is 6.54 Å². The minimum absolute atomic E-state index is 0. The molecule has 1 aromatic rings. The number of hydrogen-bond donors (Lipinski definition) is 0. The zero-order valence-electron chi connectivity index (χ0n) is 12.6. The summed E-state index contributed by atoms with van der Waals surface area (Å²) in [6.45, 7) is 0.832. The molecule has 112 valence electrons. The molecule has 2 rings (SSSR count). The van der Waals surface area contributed by atoms with Crippen molar-refractivity contribution in [3.63, 3.8) is 0 Å². The number of halogens is 2. The molecule has 0 saturated heterocycles. The summed E-state index contributed by atoms with van der Waals surface area (Å²) in [5.74, 6) is 1.01. The van der Waals surface area contributed by atoms with Gasteiger partial charge in [0.2, 0.25) is 0 Å². The second-order valence-corrected chi connectivity index (χ2v) is 6.13. The van der Waals surface area contributed by atoms with Crippen LogP contribution in [0.1, 0.15) is 18.4 Å². The lowest BCUT2D eigenvalue weighted by Gasteiger charge is -2.24. The molecule has 3 nitrogen and oxygen atoms in total. The molecule has 1 fully saturated rings. The summed E-state index contributed by atoms with van der Waals surface area (Å²) in [6, 6.07) is 8.20. The van der Waals surface area contributed by atoms with Gasteiger partial charge in [-0.25, -0.2) is 0 Å². The van der Waals surface area contributed by atoms with Crippen molar-refractivity contribution >= 4 is 41.5 Å². The highest BCUT2D eigenvalue weighted by Crippen LogP contribution is 2.48. The van der Waals surface area contributed by atoms with Gasteiger partial charge in [-0.1, -0.05) is 23.7 Å². The van der Waals surface area contributed by atoms with E-state index in [0.29, 0.717) is 0 Å². The Bertz CT molecular complexity index is 472. The van der Waals surface area contributed by atoms with Crippen LogP contribution < -0.4 is 0 Å². The molecule has 0 aromatic heterocycles. The van der Waals surface area contributed by atoms with Gasteiger partial charge in [-0.15, -0.1) is 24.0 Å². The Labute approximate surface area is 144 Å². The molecular weight excluding hydrogens is 385 g/mol.